The van der Waals surface area contributed by atoms with Crippen LogP contribution in [0, 0.1) is 12.8 Å². The Hall–Kier alpha value is -1.61. The van der Waals surface area contributed by atoms with Crippen LogP contribution < -0.4 is 0 Å². The monoisotopic (exact) mass is 256 g/mol. The van der Waals surface area contributed by atoms with Crippen LogP contribution in [0.5, 0.6) is 0 Å². The van der Waals surface area contributed by atoms with Gasteiger partial charge >= 0.3 is 0 Å². The van der Waals surface area contributed by atoms with E-state index >= 15 is 0 Å². The first-order chi connectivity index (χ1) is 9.24. The second-order valence-electron chi connectivity index (χ2n) is 5.55. The van der Waals surface area contributed by atoms with Gasteiger partial charge in [0.1, 0.15) is 5.82 Å². The lowest BCUT2D eigenvalue weighted by atomic mass is 9.99. The largest absolute Gasteiger partial charge is 0.396 e. The quantitative estimate of drug-likeness (QED) is 0.915. The molecule has 0 fully saturated rings. The number of aromatic nitrogens is 2. The summed E-state index contributed by atoms with van der Waals surface area (Å²) in [4.78, 5) is 4.73. The Morgan fingerprint density at radius 3 is 3.11 bits per heavy atom. The maximum absolute atomic E-state index is 9.25. The van der Waals surface area contributed by atoms with E-state index in [2.05, 4.69) is 42.0 Å². The van der Waals surface area contributed by atoms with Gasteiger partial charge in [-0.3, -0.25) is 0 Å². The molecule has 0 spiro atoms. The summed E-state index contributed by atoms with van der Waals surface area (Å²) in [5.74, 6) is 1.52. The number of rotatable bonds is 3. The van der Waals surface area contributed by atoms with Gasteiger partial charge in [0.25, 0.3) is 0 Å². The molecule has 1 aliphatic rings. The van der Waals surface area contributed by atoms with E-state index in [1.807, 2.05) is 0 Å². The maximum atomic E-state index is 9.25. The second kappa shape index (κ2) is 5.17. The van der Waals surface area contributed by atoms with E-state index in [1.54, 1.807) is 0 Å². The minimum absolute atomic E-state index is 0.278. The first-order valence-corrected chi connectivity index (χ1v) is 6.96. The van der Waals surface area contributed by atoms with Gasteiger partial charge in [0, 0.05) is 32.2 Å². The average Bonchev–Trinajstić information content (AvgIpc) is 2.79. The number of imidazole rings is 1. The van der Waals surface area contributed by atoms with Crippen LogP contribution in [0.1, 0.15) is 29.1 Å². The average molecular weight is 256 g/mol. The third kappa shape index (κ3) is 2.71. The molecular formula is C16H20N2O. The fourth-order valence-corrected chi connectivity index (χ4v) is 2.82. The topological polar surface area (TPSA) is 38.0 Å². The van der Waals surface area contributed by atoms with Crippen molar-refractivity contribution in [3.8, 4) is 0 Å². The molecule has 1 aromatic heterocycles. The summed E-state index contributed by atoms with van der Waals surface area (Å²) < 4.78 is 2.25. The molecule has 0 radical (unpaired) electrons. The molecule has 1 aliphatic heterocycles. The highest BCUT2D eigenvalue weighted by Gasteiger charge is 2.19. The van der Waals surface area contributed by atoms with E-state index in [0.29, 0.717) is 5.92 Å². The van der Waals surface area contributed by atoms with Crippen molar-refractivity contribution >= 4 is 0 Å². The molecule has 0 saturated heterocycles. The molecule has 0 amide bonds. The molecule has 2 heterocycles. The third-order valence-corrected chi connectivity index (χ3v) is 3.88. The maximum Gasteiger partial charge on any atom is 0.109 e. The summed E-state index contributed by atoms with van der Waals surface area (Å²) in [6.07, 6.45) is 5.03. The van der Waals surface area contributed by atoms with Gasteiger partial charge < -0.3 is 9.67 Å². The van der Waals surface area contributed by atoms with Crippen molar-refractivity contribution in [3.05, 3.63) is 53.1 Å². The molecule has 3 heteroatoms. The lowest BCUT2D eigenvalue weighted by Gasteiger charge is -2.20. The van der Waals surface area contributed by atoms with Crippen molar-refractivity contribution < 1.29 is 5.11 Å². The third-order valence-electron chi connectivity index (χ3n) is 3.88. The van der Waals surface area contributed by atoms with Gasteiger partial charge in [0.15, 0.2) is 0 Å². The number of aryl methyl sites for hydroxylation is 2. The highest BCUT2D eigenvalue weighted by atomic mass is 16.3. The predicted octanol–water partition coefficient (Wildman–Crippen LogP) is 2.34. The number of aliphatic hydroxyl groups is 1. The molecule has 2 aromatic rings. The number of fused-ring (bicyclic) bond motifs is 1. The Balaban J connectivity index is 1.78. The molecule has 3 rings (SSSR count). The van der Waals surface area contributed by atoms with E-state index in [9.17, 15) is 5.11 Å². The summed E-state index contributed by atoms with van der Waals surface area (Å²) in [6, 6.07) is 8.59. The van der Waals surface area contributed by atoms with Gasteiger partial charge in [0.05, 0.1) is 5.69 Å². The van der Waals surface area contributed by atoms with E-state index < -0.39 is 0 Å². The fraction of sp³-hybridized carbons (Fsp3) is 0.438. The Morgan fingerprint density at radius 1 is 1.42 bits per heavy atom. The summed E-state index contributed by atoms with van der Waals surface area (Å²) in [7, 11) is 0. The van der Waals surface area contributed by atoms with E-state index in [0.717, 1.165) is 37.3 Å². The van der Waals surface area contributed by atoms with Crippen LogP contribution in [0.25, 0.3) is 0 Å². The zero-order valence-electron chi connectivity index (χ0n) is 11.3. The smallest absolute Gasteiger partial charge is 0.109 e. The second-order valence-corrected chi connectivity index (χ2v) is 5.55. The molecular weight excluding hydrogens is 236 g/mol. The number of nitrogens with zero attached hydrogens (tertiary/aromatic N) is 2. The van der Waals surface area contributed by atoms with E-state index in [1.165, 1.54) is 11.1 Å². The zero-order chi connectivity index (χ0) is 13.2. The van der Waals surface area contributed by atoms with Crippen molar-refractivity contribution in [2.75, 3.05) is 6.61 Å². The van der Waals surface area contributed by atoms with Crippen LogP contribution in [0.15, 0.2) is 30.5 Å². The van der Waals surface area contributed by atoms with Crippen molar-refractivity contribution in [1.82, 2.24) is 9.55 Å². The van der Waals surface area contributed by atoms with Crippen molar-refractivity contribution in [2.24, 2.45) is 5.92 Å². The zero-order valence-corrected chi connectivity index (χ0v) is 11.3. The number of hydrogen-bond acceptors (Lipinski definition) is 2. The molecule has 3 nitrogen and oxygen atoms in total. The lowest BCUT2D eigenvalue weighted by molar-refractivity contribution is 0.199. The SMILES string of the molecule is Cc1cccc(Cc2cn3c(n2)CC(CO)CC3)c1. The standard InChI is InChI=1S/C16H20N2O/c1-12-3-2-4-13(7-12)8-15-10-18-6-5-14(11-19)9-16(18)17-15/h2-4,7,10,14,19H,5-6,8-9,11H2,1H3. The Labute approximate surface area is 113 Å². The summed E-state index contributed by atoms with van der Waals surface area (Å²) in [5, 5.41) is 9.25. The Bertz CT molecular complexity index is 574. The first-order valence-electron chi connectivity index (χ1n) is 6.96. The Morgan fingerprint density at radius 2 is 2.32 bits per heavy atom. The van der Waals surface area contributed by atoms with Gasteiger partial charge in [-0.1, -0.05) is 29.8 Å². The lowest BCUT2D eigenvalue weighted by Crippen LogP contribution is -2.21. The predicted molar refractivity (Wildman–Crippen MR) is 75.1 cm³/mol. The van der Waals surface area contributed by atoms with Gasteiger partial charge in [-0.2, -0.15) is 0 Å². The van der Waals surface area contributed by atoms with Crippen molar-refractivity contribution in [2.45, 2.75) is 32.7 Å². The Kier molecular flexibility index (Phi) is 3.38. The van der Waals surface area contributed by atoms with Crippen LogP contribution >= 0.6 is 0 Å². The van der Waals surface area contributed by atoms with Crippen LogP contribution in [0.3, 0.4) is 0 Å². The van der Waals surface area contributed by atoms with Gasteiger partial charge in [-0.25, -0.2) is 4.98 Å². The summed E-state index contributed by atoms with van der Waals surface area (Å²) in [6.45, 7) is 3.38. The van der Waals surface area contributed by atoms with Gasteiger partial charge in [-0.15, -0.1) is 0 Å². The number of aliphatic hydroxyl groups excluding tert-OH is 1. The highest BCUT2D eigenvalue weighted by Crippen LogP contribution is 2.21. The van der Waals surface area contributed by atoms with Gasteiger partial charge in [0.2, 0.25) is 0 Å². The molecule has 0 aliphatic carbocycles. The number of benzene rings is 1. The van der Waals surface area contributed by atoms with Crippen LogP contribution in [-0.4, -0.2) is 21.3 Å². The van der Waals surface area contributed by atoms with E-state index in [4.69, 9.17) is 4.98 Å². The molecule has 1 aromatic carbocycles. The normalized spacial score (nSPS) is 18.3. The number of hydrogen-bond donors (Lipinski definition) is 1. The van der Waals surface area contributed by atoms with Crippen LogP contribution in [0.4, 0.5) is 0 Å². The molecule has 100 valence electrons. The molecule has 1 N–H and O–H groups in total. The van der Waals surface area contributed by atoms with E-state index in [-0.39, 0.29) is 6.61 Å². The molecule has 0 bridgehead atoms. The van der Waals surface area contributed by atoms with Crippen LogP contribution in [0.2, 0.25) is 0 Å². The fourth-order valence-electron chi connectivity index (χ4n) is 2.82. The molecule has 0 saturated carbocycles. The van der Waals surface area contributed by atoms with Crippen LogP contribution in [-0.2, 0) is 19.4 Å². The summed E-state index contributed by atoms with van der Waals surface area (Å²) >= 11 is 0. The van der Waals surface area contributed by atoms with Crippen molar-refractivity contribution in [1.29, 1.82) is 0 Å². The minimum Gasteiger partial charge on any atom is -0.396 e. The summed E-state index contributed by atoms with van der Waals surface area (Å²) in [5.41, 5.74) is 3.75. The molecule has 19 heavy (non-hydrogen) atoms. The molecule has 1 unspecified atom stereocenters. The minimum atomic E-state index is 0.278. The van der Waals surface area contributed by atoms with Crippen molar-refractivity contribution in [3.63, 3.8) is 0 Å². The first kappa shape index (κ1) is 12.4. The van der Waals surface area contributed by atoms with Gasteiger partial charge in [-0.05, 0) is 24.8 Å². The highest BCUT2D eigenvalue weighted by molar-refractivity contribution is 5.26. The molecule has 1 atom stereocenters.